The number of aliphatic carboxylic acids is 1. The van der Waals surface area contributed by atoms with E-state index in [1.54, 1.807) is 48.5 Å². The fraction of sp³-hybridized carbons (Fsp3) is 0.488. The summed E-state index contributed by atoms with van der Waals surface area (Å²) < 4.78 is 4.60. The van der Waals surface area contributed by atoms with Crippen LogP contribution >= 0.6 is 0 Å². The van der Waals surface area contributed by atoms with E-state index in [0.29, 0.717) is 11.4 Å². The Labute approximate surface area is 313 Å². The van der Waals surface area contributed by atoms with Gasteiger partial charge < -0.3 is 20.5 Å². The molecule has 1 fully saturated rings. The third-order valence-corrected chi connectivity index (χ3v) is 9.29. The van der Waals surface area contributed by atoms with Crippen molar-refractivity contribution in [2.24, 2.45) is 11.8 Å². The average Bonchev–Trinajstić information content (AvgIpc) is 3.46. The van der Waals surface area contributed by atoms with Gasteiger partial charge in [0.05, 0.1) is 24.7 Å². The number of carboxylic acid groups (broad SMARTS) is 1. The molecule has 2 amide bonds. The van der Waals surface area contributed by atoms with E-state index >= 15 is 0 Å². The zero-order valence-corrected chi connectivity index (χ0v) is 30.9. The lowest BCUT2D eigenvalue weighted by molar-refractivity contribution is -0.153. The molecule has 0 aliphatic carbocycles. The van der Waals surface area contributed by atoms with E-state index in [2.05, 4.69) is 15.4 Å². The molecule has 2 aromatic rings. The molecule has 0 bridgehead atoms. The molecule has 0 radical (unpaired) electrons. The maximum atomic E-state index is 12.7. The van der Waals surface area contributed by atoms with Gasteiger partial charge in [-0.15, -0.1) is 0 Å². The first-order valence-corrected chi connectivity index (χ1v) is 19.3. The van der Waals surface area contributed by atoms with Crippen LogP contribution in [0.25, 0.3) is 0 Å². The number of ketones is 1. The zero-order chi connectivity index (χ0) is 38.1. The van der Waals surface area contributed by atoms with E-state index in [1.165, 1.54) is 76.4 Å². The molecular formula is C43H56N2O8. The number of unbranched alkanes of at least 4 members (excludes halogenated alkanes) is 14. The normalized spacial score (nSPS) is 14.8. The Hall–Kier alpha value is -4.86. The monoisotopic (exact) mass is 728 g/mol. The summed E-state index contributed by atoms with van der Waals surface area (Å²) in [5.41, 5.74) is 1.20. The number of hydrogen-bond donors (Lipinski definition) is 3. The molecular weight excluding hydrogens is 672 g/mol. The minimum Gasteiger partial charge on any atom is -0.481 e. The Morgan fingerprint density at radius 2 is 1.30 bits per heavy atom. The van der Waals surface area contributed by atoms with Crippen molar-refractivity contribution in [3.05, 3.63) is 84.5 Å². The lowest BCUT2D eigenvalue weighted by atomic mass is 9.98. The second kappa shape index (κ2) is 25.2. The summed E-state index contributed by atoms with van der Waals surface area (Å²) in [6, 6.07) is 15.1. The van der Waals surface area contributed by atoms with Crippen LogP contribution in [-0.4, -0.2) is 40.6 Å². The number of Topliss-reactive ketones (excluding diaryl/α,β-unsaturated/α-hetero) is 1. The molecule has 286 valence electrons. The van der Waals surface area contributed by atoms with Crippen molar-refractivity contribution in [2.75, 3.05) is 10.6 Å². The number of carbonyl (C=O) groups is 6. The highest BCUT2D eigenvalue weighted by Gasteiger charge is 2.32. The number of esters is 2. The fourth-order valence-electron chi connectivity index (χ4n) is 6.28. The highest BCUT2D eigenvalue weighted by Crippen LogP contribution is 2.23. The number of rotatable bonds is 27. The summed E-state index contributed by atoms with van der Waals surface area (Å²) in [6.07, 6.45) is 25.3. The largest absolute Gasteiger partial charge is 0.481 e. The molecule has 10 heteroatoms. The maximum Gasteiger partial charge on any atom is 0.317 e. The van der Waals surface area contributed by atoms with Crippen LogP contribution in [0.4, 0.5) is 11.4 Å². The predicted octanol–water partition coefficient (Wildman–Crippen LogP) is 9.37. The number of benzene rings is 2. The number of allylic oxidation sites excluding steroid dienone is 3. The molecule has 0 aromatic heterocycles. The van der Waals surface area contributed by atoms with E-state index in [0.717, 1.165) is 38.5 Å². The van der Waals surface area contributed by atoms with Crippen LogP contribution in [0.2, 0.25) is 0 Å². The van der Waals surface area contributed by atoms with Crippen molar-refractivity contribution < 1.29 is 38.6 Å². The highest BCUT2D eigenvalue weighted by atomic mass is 16.6. The van der Waals surface area contributed by atoms with Gasteiger partial charge in [0.15, 0.2) is 5.78 Å². The number of carbonyl (C=O) groups excluding carboxylic acids is 5. The van der Waals surface area contributed by atoms with E-state index in [1.807, 2.05) is 18.2 Å². The number of ether oxygens (including phenoxy) is 1. The first-order chi connectivity index (χ1) is 25.7. The molecule has 2 aromatic carbocycles. The van der Waals surface area contributed by atoms with Gasteiger partial charge in [0, 0.05) is 23.4 Å². The van der Waals surface area contributed by atoms with Crippen LogP contribution in [0.3, 0.4) is 0 Å². The van der Waals surface area contributed by atoms with Crippen LogP contribution in [0.15, 0.2) is 78.9 Å². The van der Waals surface area contributed by atoms with Gasteiger partial charge in [-0.2, -0.15) is 0 Å². The van der Waals surface area contributed by atoms with E-state index < -0.39 is 29.5 Å². The Morgan fingerprint density at radius 3 is 1.91 bits per heavy atom. The average molecular weight is 729 g/mol. The van der Waals surface area contributed by atoms with E-state index in [9.17, 15) is 33.9 Å². The molecule has 2 atom stereocenters. The molecule has 1 heterocycles. The molecule has 53 heavy (non-hydrogen) atoms. The van der Waals surface area contributed by atoms with E-state index in [-0.39, 0.29) is 42.7 Å². The Morgan fingerprint density at radius 1 is 0.717 bits per heavy atom. The van der Waals surface area contributed by atoms with Gasteiger partial charge in [-0.05, 0) is 43.5 Å². The van der Waals surface area contributed by atoms with E-state index in [4.69, 9.17) is 0 Å². The summed E-state index contributed by atoms with van der Waals surface area (Å²) in [7, 11) is 0. The van der Waals surface area contributed by atoms with Gasteiger partial charge >= 0.3 is 17.9 Å². The number of hydrogen-bond acceptors (Lipinski definition) is 7. The fourth-order valence-corrected chi connectivity index (χ4v) is 6.28. The van der Waals surface area contributed by atoms with Crippen molar-refractivity contribution in [1.82, 2.24) is 0 Å². The molecule has 0 saturated carbocycles. The second-order valence-electron chi connectivity index (χ2n) is 13.8. The summed E-state index contributed by atoms with van der Waals surface area (Å²) in [5, 5.41) is 15.0. The van der Waals surface area contributed by atoms with Gasteiger partial charge in [0.25, 0.3) is 0 Å². The third kappa shape index (κ3) is 18.5. The van der Waals surface area contributed by atoms with Gasteiger partial charge in [-0.1, -0.05) is 138 Å². The van der Waals surface area contributed by atoms with Gasteiger partial charge in [-0.3, -0.25) is 28.8 Å². The van der Waals surface area contributed by atoms with Crippen molar-refractivity contribution in [2.45, 2.75) is 122 Å². The number of carboxylic acids is 1. The van der Waals surface area contributed by atoms with Crippen LogP contribution in [0.1, 0.15) is 132 Å². The lowest BCUT2D eigenvalue weighted by Crippen LogP contribution is -2.21. The van der Waals surface area contributed by atoms with Gasteiger partial charge in [0.1, 0.15) is 0 Å². The standard InChI is InChI=1S/C43H56N2O8/c46-38(32-40(48)44-36-26-20-17-21-27-36)33-25-22-28-37(29-33)45-39(47)30-34(42(50)51)23-18-15-13-11-9-7-5-3-1-2-4-6-8-10-12-14-16-19-24-35-31-41(49)53-43(35)52/h13,15,17-18,20-23,25-29,34-35H,1-12,14,16,19,24,30-32H2,(H,44,48)(H,45,47)(H,50,51)/b15-13+,23-18+/t34-,35+/m0/s1. The number of anilines is 2. The Balaban J connectivity index is 1.18. The Bertz CT molecular complexity index is 1530. The number of cyclic esters (lactones) is 2. The van der Waals surface area contributed by atoms with Gasteiger partial charge in [0.2, 0.25) is 11.8 Å². The molecule has 3 N–H and O–H groups in total. The molecule has 1 aliphatic heterocycles. The maximum absolute atomic E-state index is 12.7. The minimum absolute atomic E-state index is 0.210. The van der Waals surface area contributed by atoms with Crippen molar-refractivity contribution in [3.63, 3.8) is 0 Å². The summed E-state index contributed by atoms with van der Waals surface area (Å²) in [5.74, 6) is -4.37. The Kier molecular flexibility index (Phi) is 20.2. The predicted molar refractivity (Wildman–Crippen MR) is 206 cm³/mol. The van der Waals surface area contributed by atoms with Crippen LogP contribution < -0.4 is 10.6 Å². The SMILES string of the molecule is O=C(CC(=O)c1cccc(NC(=O)C[C@H](/C=C/C=C/CCCCCCCCCCCCCCCC[C@@H]2CC(=O)OC2=O)C(=O)O)c1)Nc1ccccc1. The van der Waals surface area contributed by atoms with Crippen molar-refractivity contribution in [1.29, 1.82) is 0 Å². The lowest BCUT2D eigenvalue weighted by Gasteiger charge is -2.10. The van der Waals surface area contributed by atoms with Crippen LogP contribution in [0.5, 0.6) is 0 Å². The first-order valence-electron chi connectivity index (χ1n) is 19.3. The van der Waals surface area contributed by atoms with Crippen LogP contribution in [0, 0.1) is 11.8 Å². The summed E-state index contributed by atoms with van der Waals surface area (Å²) in [6.45, 7) is 0. The molecule has 1 saturated heterocycles. The quantitative estimate of drug-likeness (QED) is 0.0270. The third-order valence-electron chi connectivity index (χ3n) is 9.29. The zero-order valence-electron chi connectivity index (χ0n) is 30.9. The van der Waals surface area contributed by atoms with Crippen molar-refractivity contribution >= 4 is 46.9 Å². The topological polar surface area (TPSA) is 156 Å². The summed E-state index contributed by atoms with van der Waals surface area (Å²) in [4.78, 5) is 71.9. The minimum atomic E-state index is -1.10. The molecule has 1 aliphatic rings. The molecule has 10 nitrogen and oxygen atoms in total. The number of nitrogens with one attached hydrogen (secondary N) is 2. The number of para-hydroxylation sites is 1. The smallest absolute Gasteiger partial charge is 0.317 e. The highest BCUT2D eigenvalue weighted by molar-refractivity contribution is 6.11. The molecule has 0 spiro atoms. The summed E-state index contributed by atoms with van der Waals surface area (Å²) >= 11 is 0. The number of amides is 2. The molecule has 3 rings (SSSR count). The molecule has 0 unspecified atom stereocenters. The van der Waals surface area contributed by atoms with Crippen molar-refractivity contribution in [3.8, 4) is 0 Å². The van der Waals surface area contributed by atoms with Crippen LogP contribution in [-0.2, 0) is 28.7 Å². The second-order valence-corrected chi connectivity index (χ2v) is 13.8. The van der Waals surface area contributed by atoms with Gasteiger partial charge in [-0.25, -0.2) is 0 Å². The first kappa shape index (κ1) is 42.6.